The van der Waals surface area contributed by atoms with Gasteiger partial charge in [-0.2, -0.15) is 0 Å². The minimum Gasteiger partial charge on any atom is -0.353 e. The Morgan fingerprint density at radius 2 is 1.82 bits per heavy atom. The summed E-state index contributed by atoms with van der Waals surface area (Å²) in [7, 11) is 0. The van der Waals surface area contributed by atoms with Gasteiger partial charge >= 0.3 is 11.8 Å². The number of rotatable bonds is 2. The van der Waals surface area contributed by atoms with Gasteiger partial charge in [0.15, 0.2) is 0 Å². The van der Waals surface area contributed by atoms with Crippen molar-refractivity contribution >= 4 is 17.6 Å². The Kier molecular flexibility index (Phi) is 4.56. The maximum atomic E-state index is 12.2. The first-order valence-corrected chi connectivity index (χ1v) is 8.00. The monoisotopic (exact) mass is 302 g/mol. The van der Waals surface area contributed by atoms with Crippen LogP contribution in [0.2, 0.25) is 0 Å². The van der Waals surface area contributed by atoms with E-state index in [2.05, 4.69) is 15.2 Å². The highest BCUT2D eigenvalue weighted by Crippen LogP contribution is 2.18. The molecule has 1 aromatic rings. The third kappa shape index (κ3) is 3.37. The lowest BCUT2D eigenvalue weighted by Gasteiger charge is -2.35. The van der Waals surface area contributed by atoms with Crippen molar-refractivity contribution in [1.82, 2.24) is 15.2 Å². The quantitative estimate of drug-likeness (QED) is 0.820. The van der Waals surface area contributed by atoms with E-state index in [9.17, 15) is 9.59 Å². The van der Waals surface area contributed by atoms with Crippen LogP contribution in [0.25, 0.3) is 0 Å². The fourth-order valence-corrected chi connectivity index (χ4v) is 3.14. The molecular formula is C16H22N4O2. The second kappa shape index (κ2) is 6.77. The standard InChI is InChI=1S/C16H22N4O2/c21-15(18-13-5-1-2-6-13)16(22)20-11-9-19(10-12-20)14-7-3-4-8-17-14/h3-4,7-8,13H,1-2,5-6,9-12H2,(H,18,21). The molecule has 1 N–H and O–H groups in total. The molecule has 0 unspecified atom stereocenters. The summed E-state index contributed by atoms with van der Waals surface area (Å²) in [5.41, 5.74) is 0. The molecule has 0 aromatic carbocycles. The zero-order valence-corrected chi connectivity index (χ0v) is 12.7. The van der Waals surface area contributed by atoms with Crippen molar-refractivity contribution in [3.05, 3.63) is 24.4 Å². The number of nitrogens with one attached hydrogen (secondary N) is 1. The van der Waals surface area contributed by atoms with Crippen LogP contribution in [0.15, 0.2) is 24.4 Å². The van der Waals surface area contributed by atoms with E-state index in [4.69, 9.17) is 0 Å². The molecule has 6 heteroatoms. The molecule has 2 amide bonds. The van der Waals surface area contributed by atoms with Gasteiger partial charge in [0.2, 0.25) is 0 Å². The van der Waals surface area contributed by atoms with Gasteiger partial charge in [-0.1, -0.05) is 18.9 Å². The van der Waals surface area contributed by atoms with E-state index in [1.165, 1.54) is 0 Å². The van der Waals surface area contributed by atoms with Gasteiger partial charge in [-0.3, -0.25) is 9.59 Å². The molecule has 118 valence electrons. The minimum atomic E-state index is -0.446. The van der Waals surface area contributed by atoms with Gasteiger partial charge < -0.3 is 15.1 Å². The van der Waals surface area contributed by atoms with Crippen molar-refractivity contribution in [2.75, 3.05) is 31.1 Å². The van der Waals surface area contributed by atoms with E-state index in [-0.39, 0.29) is 6.04 Å². The third-order valence-corrected chi connectivity index (χ3v) is 4.42. The van der Waals surface area contributed by atoms with Crippen LogP contribution in [0.5, 0.6) is 0 Å². The van der Waals surface area contributed by atoms with Crippen molar-refractivity contribution in [3.63, 3.8) is 0 Å². The van der Waals surface area contributed by atoms with Crippen LogP contribution in [-0.4, -0.2) is 53.9 Å². The molecule has 2 fully saturated rings. The number of pyridine rings is 1. The molecule has 2 aliphatic rings. The molecule has 6 nitrogen and oxygen atoms in total. The zero-order chi connectivity index (χ0) is 15.4. The normalized spacial score (nSPS) is 19.3. The Morgan fingerprint density at radius 1 is 1.09 bits per heavy atom. The number of amides is 2. The Hall–Kier alpha value is -2.11. The van der Waals surface area contributed by atoms with Gasteiger partial charge in [0.25, 0.3) is 0 Å². The molecule has 1 aliphatic heterocycles. The van der Waals surface area contributed by atoms with Crippen LogP contribution >= 0.6 is 0 Å². The van der Waals surface area contributed by atoms with Crippen molar-refractivity contribution in [2.24, 2.45) is 0 Å². The number of aromatic nitrogens is 1. The zero-order valence-electron chi connectivity index (χ0n) is 12.7. The third-order valence-electron chi connectivity index (χ3n) is 4.42. The summed E-state index contributed by atoms with van der Waals surface area (Å²) in [6.07, 6.45) is 6.03. The highest BCUT2D eigenvalue weighted by atomic mass is 16.2. The fraction of sp³-hybridized carbons (Fsp3) is 0.562. The number of piperazine rings is 1. The van der Waals surface area contributed by atoms with E-state index in [1.807, 2.05) is 18.2 Å². The molecule has 1 saturated carbocycles. The number of carbonyl (C=O) groups is 2. The van der Waals surface area contributed by atoms with Gasteiger partial charge in [-0.05, 0) is 25.0 Å². The Morgan fingerprint density at radius 3 is 2.45 bits per heavy atom. The highest BCUT2D eigenvalue weighted by Gasteiger charge is 2.28. The van der Waals surface area contributed by atoms with E-state index in [1.54, 1.807) is 11.1 Å². The highest BCUT2D eigenvalue weighted by molar-refractivity contribution is 6.35. The first-order chi connectivity index (χ1) is 10.7. The van der Waals surface area contributed by atoms with Gasteiger partial charge in [0.1, 0.15) is 5.82 Å². The Labute approximate surface area is 130 Å². The van der Waals surface area contributed by atoms with Crippen molar-refractivity contribution in [2.45, 2.75) is 31.7 Å². The van der Waals surface area contributed by atoms with Gasteiger partial charge in [-0.15, -0.1) is 0 Å². The van der Waals surface area contributed by atoms with Crippen LogP contribution in [0, 0.1) is 0 Å². The lowest BCUT2D eigenvalue weighted by Crippen LogP contribution is -2.53. The van der Waals surface area contributed by atoms with Crippen LogP contribution in [0.1, 0.15) is 25.7 Å². The van der Waals surface area contributed by atoms with Gasteiger partial charge in [-0.25, -0.2) is 4.98 Å². The molecule has 1 aromatic heterocycles. The molecule has 0 bridgehead atoms. The van der Waals surface area contributed by atoms with Crippen LogP contribution in [0.3, 0.4) is 0 Å². The average molecular weight is 302 g/mol. The van der Waals surface area contributed by atoms with Gasteiger partial charge in [0.05, 0.1) is 0 Å². The predicted octanol–water partition coefficient (Wildman–Crippen LogP) is 0.789. The first-order valence-electron chi connectivity index (χ1n) is 8.00. The summed E-state index contributed by atoms with van der Waals surface area (Å²) in [5.74, 6) is 0.0794. The second-order valence-corrected chi connectivity index (χ2v) is 5.92. The topological polar surface area (TPSA) is 65.5 Å². The average Bonchev–Trinajstić information content (AvgIpc) is 3.08. The van der Waals surface area contributed by atoms with E-state index < -0.39 is 11.8 Å². The summed E-state index contributed by atoms with van der Waals surface area (Å²) >= 11 is 0. The summed E-state index contributed by atoms with van der Waals surface area (Å²) < 4.78 is 0. The lowest BCUT2D eigenvalue weighted by molar-refractivity contribution is -0.146. The summed E-state index contributed by atoms with van der Waals surface area (Å²) in [4.78, 5) is 32.3. The van der Waals surface area contributed by atoms with Crippen molar-refractivity contribution < 1.29 is 9.59 Å². The minimum absolute atomic E-state index is 0.186. The molecule has 2 heterocycles. The Bertz CT molecular complexity index is 520. The maximum absolute atomic E-state index is 12.2. The fourth-order valence-electron chi connectivity index (χ4n) is 3.14. The maximum Gasteiger partial charge on any atom is 0.312 e. The predicted molar refractivity (Wildman–Crippen MR) is 83.4 cm³/mol. The van der Waals surface area contributed by atoms with Crippen molar-refractivity contribution in [3.8, 4) is 0 Å². The summed E-state index contributed by atoms with van der Waals surface area (Å²) in [6, 6.07) is 5.99. The Balaban J connectivity index is 1.50. The molecule has 3 rings (SSSR count). The van der Waals surface area contributed by atoms with Gasteiger partial charge in [0, 0.05) is 38.4 Å². The number of carbonyl (C=O) groups excluding carboxylic acids is 2. The summed E-state index contributed by atoms with van der Waals surface area (Å²) in [6.45, 7) is 2.54. The van der Waals surface area contributed by atoms with E-state index >= 15 is 0 Å². The first kappa shape index (κ1) is 14.8. The number of hydrogen-bond donors (Lipinski definition) is 1. The number of anilines is 1. The molecular weight excluding hydrogens is 280 g/mol. The summed E-state index contributed by atoms with van der Waals surface area (Å²) in [5, 5.41) is 2.86. The van der Waals surface area contributed by atoms with E-state index in [0.29, 0.717) is 26.2 Å². The second-order valence-electron chi connectivity index (χ2n) is 5.92. The van der Waals surface area contributed by atoms with Crippen LogP contribution in [0.4, 0.5) is 5.82 Å². The lowest BCUT2D eigenvalue weighted by atomic mass is 10.2. The smallest absolute Gasteiger partial charge is 0.312 e. The number of nitrogens with zero attached hydrogens (tertiary/aromatic N) is 3. The SMILES string of the molecule is O=C(NC1CCCC1)C(=O)N1CCN(c2ccccn2)CC1. The molecule has 0 radical (unpaired) electrons. The molecule has 0 atom stereocenters. The number of hydrogen-bond acceptors (Lipinski definition) is 4. The van der Waals surface area contributed by atoms with E-state index in [0.717, 1.165) is 31.5 Å². The molecule has 1 saturated heterocycles. The largest absolute Gasteiger partial charge is 0.353 e. The van der Waals surface area contributed by atoms with Crippen LogP contribution in [-0.2, 0) is 9.59 Å². The molecule has 22 heavy (non-hydrogen) atoms. The van der Waals surface area contributed by atoms with Crippen LogP contribution < -0.4 is 10.2 Å². The molecule has 0 spiro atoms. The van der Waals surface area contributed by atoms with Crippen molar-refractivity contribution in [1.29, 1.82) is 0 Å². The molecule has 1 aliphatic carbocycles.